The molecule has 0 fully saturated rings. The second-order valence-corrected chi connectivity index (χ2v) is 9.01. The number of carbonyl (C=O) groups excluding carboxylic acids is 5. The molecule has 12 heteroatoms. The Morgan fingerprint density at radius 2 is 0.975 bits per heavy atom. The highest BCUT2D eigenvalue weighted by Crippen LogP contribution is 2.26. The van der Waals surface area contributed by atoms with E-state index >= 15 is 0 Å². The SMILES string of the molecule is CCCCOC(=O)N(CCCOCC(=O)OCC)C(C(=O)OCCCC)(C(=O)OCCCC)C(=O)OCCCC. The summed E-state index contributed by atoms with van der Waals surface area (Å²) in [6, 6.07) is 0. The molecule has 0 N–H and O–H groups in total. The van der Waals surface area contributed by atoms with E-state index in [0.717, 1.165) is 6.42 Å². The molecule has 40 heavy (non-hydrogen) atoms. The van der Waals surface area contributed by atoms with Gasteiger partial charge in [-0.3, -0.25) is 4.90 Å². The smallest absolute Gasteiger partial charge is 0.411 e. The number of unbranched alkanes of at least 4 members (excludes halogenated alkanes) is 4. The van der Waals surface area contributed by atoms with Crippen molar-refractivity contribution in [3.63, 3.8) is 0 Å². The molecule has 0 saturated heterocycles. The summed E-state index contributed by atoms with van der Waals surface area (Å²) in [7, 11) is 0. The normalized spacial score (nSPS) is 10.9. The quantitative estimate of drug-likeness (QED) is 0.0755. The average molecular weight is 576 g/mol. The van der Waals surface area contributed by atoms with Crippen molar-refractivity contribution >= 4 is 30.0 Å². The van der Waals surface area contributed by atoms with E-state index in [-0.39, 0.29) is 59.2 Å². The number of esters is 4. The summed E-state index contributed by atoms with van der Waals surface area (Å²) in [5.41, 5.74) is -2.88. The Kier molecular flexibility index (Phi) is 21.2. The lowest BCUT2D eigenvalue weighted by molar-refractivity contribution is -0.186. The molecule has 0 bridgehead atoms. The van der Waals surface area contributed by atoms with Crippen LogP contribution in [0.4, 0.5) is 4.79 Å². The maximum atomic E-state index is 13.6. The van der Waals surface area contributed by atoms with Gasteiger partial charge in [0.2, 0.25) is 0 Å². The summed E-state index contributed by atoms with van der Waals surface area (Å²) in [5.74, 6) is -4.39. The van der Waals surface area contributed by atoms with Gasteiger partial charge in [0.15, 0.2) is 0 Å². The van der Waals surface area contributed by atoms with Crippen molar-refractivity contribution in [3.05, 3.63) is 0 Å². The van der Waals surface area contributed by atoms with Crippen molar-refractivity contribution in [2.75, 3.05) is 52.8 Å². The fourth-order valence-electron chi connectivity index (χ4n) is 3.28. The van der Waals surface area contributed by atoms with Crippen LogP contribution in [-0.4, -0.2) is 93.2 Å². The van der Waals surface area contributed by atoms with Gasteiger partial charge in [-0.2, -0.15) is 0 Å². The molecule has 0 aromatic carbocycles. The summed E-state index contributed by atoms with van der Waals surface area (Å²) < 4.78 is 31.6. The first-order chi connectivity index (χ1) is 19.3. The van der Waals surface area contributed by atoms with Gasteiger partial charge >= 0.3 is 35.5 Å². The molecule has 0 atom stereocenters. The van der Waals surface area contributed by atoms with Crippen LogP contribution in [0.15, 0.2) is 0 Å². The lowest BCUT2D eigenvalue weighted by Gasteiger charge is -2.36. The molecule has 0 aliphatic rings. The van der Waals surface area contributed by atoms with Crippen LogP contribution in [0.5, 0.6) is 0 Å². The van der Waals surface area contributed by atoms with Crippen LogP contribution in [-0.2, 0) is 47.6 Å². The molecule has 12 nitrogen and oxygen atoms in total. The number of nitrogens with zero attached hydrogens (tertiary/aromatic N) is 1. The van der Waals surface area contributed by atoms with Crippen molar-refractivity contribution in [3.8, 4) is 0 Å². The molecular formula is C28H49NO11. The third-order valence-electron chi connectivity index (χ3n) is 5.62. The minimum absolute atomic E-state index is 0.00190. The summed E-state index contributed by atoms with van der Waals surface area (Å²) in [4.78, 5) is 66.6. The zero-order chi connectivity index (χ0) is 30.2. The van der Waals surface area contributed by atoms with Crippen molar-refractivity contribution in [2.24, 2.45) is 0 Å². The molecule has 232 valence electrons. The minimum atomic E-state index is -2.88. The molecule has 0 rings (SSSR count). The van der Waals surface area contributed by atoms with E-state index in [1.807, 2.05) is 27.7 Å². The van der Waals surface area contributed by atoms with Gasteiger partial charge in [-0.25, -0.2) is 24.0 Å². The number of hydrogen-bond acceptors (Lipinski definition) is 11. The average Bonchev–Trinajstić information content (AvgIpc) is 2.92. The first kappa shape index (κ1) is 37.1. The topological polar surface area (TPSA) is 144 Å². The molecular weight excluding hydrogens is 526 g/mol. The van der Waals surface area contributed by atoms with Gasteiger partial charge < -0.3 is 28.4 Å². The Balaban J connectivity index is 6.45. The molecule has 0 spiro atoms. The number of hydrogen-bond donors (Lipinski definition) is 0. The highest BCUT2D eigenvalue weighted by molar-refractivity contribution is 6.24. The van der Waals surface area contributed by atoms with Gasteiger partial charge in [-0.1, -0.05) is 53.4 Å². The molecule has 0 aromatic heterocycles. The third-order valence-corrected chi connectivity index (χ3v) is 5.62. The molecule has 0 unspecified atom stereocenters. The monoisotopic (exact) mass is 575 g/mol. The summed E-state index contributed by atoms with van der Waals surface area (Å²) in [6.45, 7) is 8.47. The second-order valence-electron chi connectivity index (χ2n) is 9.01. The van der Waals surface area contributed by atoms with Crippen LogP contribution in [0.2, 0.25) is 0 Å². The Labute approximate surface area is 238 Å². The molecule has 1 amide bonds. The van der Waals surface area contributed by atoms with E-state index in [9.17, 15) is 24.0 Å². The summed E-state index contributed by atoms with van der Waals surface area (Å²) in [5, 5.41) is 0. The maximum Gasteiger partial charge on any atom is 0.411 e. The zero-order valence-electron chi connectivity index (χ0n) is 25.0. The van der Waals surface area contributed by atoms with Gasteiger partial charge in [0.1, 0.15) is 6.61 Å². The van der Waals surface area contributed by atoms with Crippen LogP contribution in [0.3, 0.4) is 0 Å². The molecule has 0 heterocycles. The van der Waals surface area contributed by atoms with E-state index < -0.39 is 35.5 Å². The van der Waals surface area contributed by atoms with Crippen molar-refractivity contribution in [1.82, 2.24) is 4.90 Å². The lowest BCUT2D eigenvalue weighted by atomic mass is 9.96. The van der Waals surface area contributed by atoms with Crippen molar-refractivity contribution in [1.29, 1.82) is 0 Å². The van der Waals surface area contributed by atoms with Crippen molar-refractivity contribution in [2.45, 2.75) is 97.9 Å². The number of rotatable bonds is 23. The molecule has 0 aliphatic heterocycles. The maximum absolute atomic E-state index is 13.6. The highest BCUT2D eigenvalue weighted by Gasteiger charge is 2.64. The summed E-state index contributed by atoms with van der Waals surface area (Å²) in [6.07, 6.45) is 3.67. The fourth-order valence-corrected chi connectivity index (χ4v) is 3.28. The Hall–Kier alpha value is -2.89. The van der Waals surface area contributed by atoms with E-state index in [1.54, 1.807) is 6.92 Å². The van der Waals surface area contributed by atoms with Crippen LogP contribution in [0, 0.1) is 0 Å². The van der Waals surface area contributed by atoms with Crippen LogP contribution in [0.1, 0.15) is 92.4 Å². The molecule has 0 saturated carbocycles. The molecule has 0 aromatic rings. The minimum Gasteiger partial charge on any atom is -0.464 e. The van der Waals surface area contributed by atoms with Crippen molar-refractivity contribution < 1.29 is 52.4 Å². The Morgan fingerprint density at radius 3 is 1.38 bits per heavy atom. The largest absolute Gasteiger partial charge is 0.464 e. The van der Waals surface area contributed by atoms with E-state index in [1.165, 1.54) is 0 Å². The number of amides is 1. The van der Waals surface area contributed by atoms with Gasteiger partial charge in [0.05, 0.1) is 33.0 Å². The second kappa shape index (κ2) is 22.9. The van der Waals surface area contributed by atoms with Gasteiger partial charge in [0.25, 0.3) is 0 Å². The van der Waals surface area contributed by atoms with E-state index in [2.05, 4.69) is 0 Å². The molecule has 0 radical (unpaired) electrons. The van der Waals surface area contributed by atoms with Gasteiger partial charge in [-0.05, 0) is 39.0 Å². The van der Waals surface area contributed by atoms with Crippen LogP contribution in [0.25, 0.3) is 0 Å². The van der Waals surface area contributed by atoms with Gasteiger partial charge in [0, 0.05) is 13.2 Å². The predicted octanol–water partition coefficient (Wildman–Crippen LogP) is 3.96. The third kappa shape index (κ3) is 13.0. The zero-order valence-corrected chi connectivity index (χ0v) is 25.0. The predicted molar refractivity (Wildman–Crippen MR) is 145 cm³/mol. The van der Waals surface area contributed by atoms with E-state index in [0.29, 0.717) is 49.8 Å². The first-order valence-electron chi connectivity index (χ1n) is 14.5. The summed E-state index contributed by atoms with van der Waals surface area (Å²) >= 11 is 0. The highest BCUT2D eigenvalue weighted by atomic mass is 16.6. The number of ether oxygens (including phenoxy) is 6. The Bertz CT molecular complexity index is 701. The van der Waals surface area contributed by atoms with Gasteiger partial charge in [-0.15, -0.1) is 0 Å². The Morgan fingerprint density at radius 1 is 0.550 bits per heavy atom. The van der Waals surface area contributed by atoms with Crippen LogP contribution >= 0.6 is 0 Å². The van der Waals surface area contributed by atoms with E-state index in [4.69, 9.17) is 28.4 Å². The molecule has 0 aliphatic carbocycles. The lowest BCUT2D eigenvalue weighted by Crippen LogP contribution is -2.68. The van der Waals surface area contributed by atoms with Crippen LogP contribution < -0.4 is 0 Å². The number of carbonyl (C=O) groups is 5. The first-order valence-corrected chi connectivity index (χ1v) is 14.5. The fraction of sp³-hybridized carbons (Fsp3) is 0.821. The standard InChI is InChI=1S/C28H49NO11/c1-6-11-18-37-24(31)28(25(32)38-19-12-7-2,26(33)39-20-13-8-3)29(27(34)40-21-14-9-4)16-15-17-35-22-23(30)36-10-5/h6-22H2,1-5H3.